The molecule has 1 aromatic heterocycles. The van der Waals surface area contributed by atoms with E-state index in [1.165, 1.54) is 4.88 Å². The molecule has 0 aliphatic carbocycles. The molecule has 0 aliphatic heterocycles. The van der Waals surface area contributed by atoms with E-state index < -0.39 is 0 Å². The number of carbonyl (C=O) groups excluding carboxylic acids is 1. The first-order chi connectivity index (χ1) is 8.45. The minimum atomic E-state index is -0.384. The van der Waals surface area contributed by atoms with Crippen molar-refractivity contribution in [1.29, 1.82) is 0 Å². The van der Waals surface area contributed by atoms with Crippen molar-refractivity contribution in [2.45, 2.75) is 33.7 Å². The van der Waals surface area contributed by atoms with Gasteiger partial charge in [0.15, 0.2) is 0 Å². The van der Waals surface area contributed by atoms with Gasteiger partial charge >= 0.3 is 0 Å². The molecule has 0 fully saturated rings. The van der Waals surface area contributed by atoms with Gasteiger partial charge in [-0.25, -0.2) is 0 Å². The molecule has 1 atom stereocenters. The molecule has 0 radical (unpaired) electrons. The number of nitrogens with one attached hydrogen (secondary N) is 1. The summed E-state index contributed by atoms with van der Waals surface area (Å²) in [5, 5.41) is 2.90. The molecule has 0 saturated carbocycles. The Balaban J connectivity index is 2.56. The number of nitrogens with two attached hydrogens (primary N) is 1. The standard InChI is InChI=1S/C13H20N2OS2/c1-4-9-5-6-10(18-9)7-15-13(16)11(8(2)3)12(14)17/h5-6,8,11H,4,7H2,1-3H3,(H2,14,17)(H,15,16). The van der Waals surface area contributed by atoms with Crippen molar-refractivity contribution < 1.29 is 4.79 Å². The molecular formula is C13H20N2OS2. The number of rotatable bonds is 6. The van der Waals surface area contributed by atoms with E-state index in [1.807, 2.05) is 13.8 Å². The van der Waals surface area contributed by atoms with E-state index in [0.29, 0.717) is 6.54 Å². The van der Waals surface area contributed by atoms with E-state index in [2.05, 4.69) is 24.4 Å². The number of amides is 1. The largest absolute Gasteiger partial charge is 0.393 e. The third-order valence-corrected chi connectivity index (χ3v) is 4.24. The lowest BCUT2D eigenvalue weighted by Gasteiger charge is -2.18. The van der Waals surface area contributed by atoms with Crippen molar-refractivity contribution in [1.82, 2.24) is 5.32 Å². The minimum Gasteiger partial charge on any atom is -0.393 e. The van der Waals surface area contributed by atoms with E-state index >= 15 is 0 Å². The molecule has 0 bridgehead atoms. The monoisotopic (exact) mass is 284 g/mol. The van der Waals surface area contributed by atoms with E-state index in [0.717, 1.165) is 11.3 Å². The van der Waals surface area contributed by atoms with Crippen LogP contribution in [0.2, 0.25) is 0 Å². The van der Waals surface area contributed by atoms with Gasteiger partial charge in [-0.2, -0.15) is 0 Å². The first kappa shape index (κ1) is 15.1. The van der Waals surface area contributed by atoms with Gasteiger partial charge in [0.25, 0.3) is 0 Å². The van der Waals surface area contributed by atoms with Gasteiger partial charge < -0.3 is 11.1 Å². The quantitative estimate of drug-likeness (QED) is 0.789. The predicted molar refractivity (Wildman–Crippen MR) is 80.7 cm³/mol. The average molecular weight is 284 g/mol. The zero-order chi connectivity index (χ0) is 13.7. The molecule has 1 aromatic rings. The number of carbonyl (C=O) groups is 1. The SMILES string of the molecule is CCc1ccc(CNC(=O)C(C(N)=S)C(C)C)s1. The Morgan fingerprint density at radius 1 is 1.44 bits per heavy atom. The highest BCUT2D eigenvalue weighted by Gasteiger charge is 2.24. The third kappa shape index (κ3) is 4.07. The maximum Gasteiger partial charge on any atom is 0.230 e. The van der Waals surface area contributed by atoms with Crippen LogP contribution in [0.15, 0.2) is 12.1 Å². The van der Waals surface area contributed by atoms with Crippen LogP contribution in [0.4, 0.5) is 0 Å². The Bertz CT molecular complexity index is 426. The van der Waals surface area contributed by atoms with E-state index in [4.69, 9.17) is 18.0 Å². The van der Waals surface area contributed by atoms with Crippen LogP contribution in [-0.4, -0.2) is 10.9 Å². The highest BCUT2D eigenvalue weighted by atomic mass is 32.1. The zero-order valence-corrected chi connectivity index (χ0v) is 12.7. The van der Waals surface area contributed by atoms with Gasteiger partial charge in [0, 0.05) is 9.75 Å². The molecule has 5 heteroatoms. The fourth-order valence-corrected chi connectivity index (χ4v) is 3.03. The summed E-state index contributed by atoms with van der Waals surface area (Å²) < 4.78 is 0. The molecule has 0 spiro atoms. The number of thiophene rings is 1. The van der Waals surface area contributed by atoms with Gasteiger partial charge in [-0.1, -0.05) is 33.0 Å². The fourth-order valence-electron chi connectivity index (χ4n) is 1.75. The maximum atomic E-state index is 12.0. The first-order valence-electron chi connectivity index (χ1n) is 6.10. The molecule has 3 N–H and O–H groups in total. The summed E-state index contributed by atoms with van der Waals surface area (Å²) >= 11 is 6.67. The summed E-state index contributed by atoms with van der Waals surface area (Å²) in [6.07, 6.45) is 1.03. The predicted octanol–water partition coefficient (Wildman–Crippen LogP) is 2.49. The van der Waals surface area contributed by atoms with Crippen LogP contribution in [-0.2, 0) is 17.8 Å². The van der Waals surface area contributed by atoms with Gasteiger partial charge in [0.2, 0.25) is 5.91 Å². The molecule has 100 valence electrons. The van der Waals surface area contributed by atoms with E-state index in [1.54, 1.807) is 11.3 Å². The van der Waals surface area contributed by atoms with E-state index in [9.17, 15) is 4.79 Å². The molecule has 1 rings (SSSR count). The molecule has 1 heterocycles. The van der Waals surface area contributed by atoms with Gasteiger partial charge in [-0.15, -0.1) is 11.3 Å². The van der Waals surface area contributed by atoms with Crippen LogP contribution < -0.4 is 11.1 Å². The highest BCUT2D eigenvalue weighted by molar-refractivity contribution is 7.80. The van der Waals surface area contributed by atoms with Crippen molar-refractivity contribution >= 4 is 34.5 Å². The minimum absolute atomic E-state index is 0.0797. The van der Waals surface area contributed by atoms with Crippen molar-refractivity contribution in [3.63, 3.8) is 0 Å². The molecule has 18 heavy (non-hydrogen) atoms. The number of thiocarbonyl (C=S) groups is 1. The average Bonchev–Trinajstić information content (AvgIpc) is 2.73. The Kier molecular flexibility index (Phi) is 5.75. The second-order valence-electron chi connectivity index (χ2n) is 4.56. The highest BCUT2D eigenvalue weighted by Crippen LogP contribution is 2.17. The van der Waals surface area contributed by atoms with Gasteiger partial charge in [-0.05, 0) is 24.5 Å². The molecule has 1 amide bonds. The second-order valence-corrected chi connectivity index (χ2v) is 6.29. The van der Waals surface area contributed by atoms with Crippen LogP contribution >= 0.6 is 23.6 Å². The maximum absolute atomic E-state index is 12.0. The second kappa shape index (κ2) is 6.85. The summed E-state index contributed by atoms with van der Waals surface area (Å²) in [5.74, 6) is -0.341. The molecule has 3 nitrogen and oxygen atoms in total. The lowest BCUT2D eigenvalue weighted by atomic mass is 9.95. The van der Waals surface area contributed by atoms with Gasteiger partial charge in [0.1, 0.15) is 0 Å². The molecule has 0 aliphatic rings. The summed E-state index contributed by atoms with van der Waals surface area (Å²) in [6, 6.07) is 4.15. The topological polar surface area (TPSA) is 55.1 Å². The van der Waals surface area contributed by atoms with Crippen LogP contribution in [0.1, 0.15) is 30.5 Å². The Labute approximate surface area is 118 Å². The van der Waals surface area contributed by atoms with Crippen LogP contribution in [0.5, 0.6) is 0 Å². The van der Waals surface area contributed by atoms with E-state index in [-0.39, 0.29) is 22.7 Å². The summed E-state index contributed by atoms with van der Waals surface area (Å²) in [4.78, 5) is 14.8. The summed E-state index contributed by atoms with van der Waals surface area (Å²) in [5.41, 5.74) is 5.61. The Morgan fingerprint density at radius 2 is 2.06 bits per heavy atom. The summed E-state index contributed by atoms with van der Waals surface area (Å²) in [6.45, 7) is 6.57. The first-order valence-corrected chi connectivity index (χ1v) is 7.32. The lowest BCUT2D eigenvalue weighted by molar-refractivity contribution is -0.124. The van der Waals surface area contributed by atoms with Gasteiger partial charge in [-0.3, -0.25) is 4.79 Å². The fraction of sp³-hybridized carbons (Fsp3) is 0.538. The number of aryl methyl sites for hydroxylation is 1. The third-order valence-electron chi connectivity index (χ3n) is 2.76. The smallest absolute Gasteiger partial charge is 0.230 e. The molecule has 1 unspecified atom stereocenters. The van der Waals surface area contributed by atoms with Gasteiger partial charge in [0.05, 0.1) is 17.5 Å². The van der Waals surface area contributed by atoms with Crippen molar-refractivity contribution in [2.24, 2.45) is 17.6 Å². The number of hydrogen-bond donors (Lipinski definition) is 2. The van der Waals surface area contributed by atoms with Crippen LogP contribution in [0, 0.1) is 11.8 Å². The van der Waals surface area contributed by atoms with Crippen molar-refractivity contribution in [3.8, 4) is 0 Å². The van der Waals surface area contributed by atoms with Crippen LogP contribution in [0.3, 0.4) is 0 Å². The molecule has 0 aromatic carbocycles. The lowest BCUT2D eigenvalue weighted by Crippen LogP contribution is -2.40. The molecule has 0 saturated heterocycles. The van der Waals surface area contributed by atoms with Crippen molar-refractivity contribution in [2.75, 3.05) is 0 Å². The normalized spacial score (nSPS) is 12.4. The Hall–Kier alpha value is -0.940. The molecular weight excluding hydrogens is 264 g/mol. The number of hydrogen-bond acceptors (Lipinski definition) is 3. The Morgan fingerprint density at radius 3 is 2.50 bits per heavy atom. The van der Waals surface area contributed by atoms with Crippen LogP contribution in [0.25, 0.3) is 0 Å². The summed E-state index contributed by atoms with van der Waals surface area (Å²) in [7, 11) is 0. The zero-order valence-electron chi connectivity index (χ0n) is 11.0. The van der Waals surface area contributed by atoms with Crippen molar-refractivity contribution in [3.05, 3.63) is 21.9 Å².